The molecule has 0 saturated heterocycles. The zero-order valence-corrected chi connectivity index (χ0v) is 11.8. The quantitative estimate of drug-likeness (QED) is 0.880. The fourth-order valence-corrected chi connectivity index (χ4v) is 3.46. The fraction of sp³-hybridized carbons (Fsp3) is 0.692. The molecule has 1 saturated carbocycles. The van der Waals surface area contributed by atoms with Crippen LogP contribution in [0.1, 0.15) is 43.2 Å². The molecule has 1 aromatic rings. The van der Waals surface area contributed by atoms with E-state index in [1.807, 2.05) is 6.92 Å². The molecule has 1 heterocycles. The third kappa shape index (κ3) is 3.09. The summed E-state index contributed by atoms with van der Waals surface area (Å²) in [4.78, 5) is 17.5. The van der Waals surface area contributed by atoms with Crippen molar-refractivity contribution in [1.29, 1.82) is 0 Å². The van der Waals surface area contributed by atoms with E-state index in [1.54, 1.807) is 11.3 Å². The molecule has 4 nitrogen and oxygen atoms in total. The lowest BCUT2D eigenvalue weighted by atomic mass is 10.00. The van der Waals surface area contributed by atoms with Gasteiger partial charge in [0.25, 0.3) is 0 Å². The smallest absolute Gasteiger partial charge is 0.226 e. The monoisotopic (exact) mass is 267 g/mol. The van der Waals surface area contributed by atoms with E-state index in [0.29, 0.717) is 12.3 Å². The van der Waals surface area contributed by atoms with Crippen LogP contribution < -0.4 is 11.1 Å². The van der Waals surface area contributed by atoms with Crippen LogP contribution in [0, 0.1) is 12.8 Å². The number of aryl methyl sites for hydroxylation is 2. The Kier molecular flexibility index (Phi) is 4.35. The van der Waals surface area contributed by atoms with Crippen molar-refractivity contribution in [3.63, 3.8) is 0 Å². The summed E-state index contributed by atoms with van der Waals surface area (Å²) in [5.41, 5.74) is 7.05. The second kappa shape index (κ2) is 5.80. The molecule has 1 aromatic heterocycles. The number of anilines is 1. The second-order valence-corrected chi connectivity index (χ2v) is 6.19. The van der Waals surface area contributed by atoms with Crippen LogP contribution >= 0.6 is 11.3 Å². The minimum atomic E-state index is 0.0498. The second-order valence-electron chi connectivity index (χ2n) is 4.98. The van der Waals surface area contributed by atoms with E-state index in [-0.39, 0.29) is 11.9 Å². The number of amides is 1. The van der Waals surface area contributed by atoms with Crippen molar-refractivity contribution in [2.24, 2.45) is 11.7 Å². The number of aromatic nitrogens is 1. The molecule has 0 aromatic carbocycles. The third-order valence-corrected chi connectivity index (χ3v) is 4.57. The number of hydrogen-bond donors (Lipinski definition) is 2. The maximum absolute atomic E-state index is 11.9. The van der Waals surface area contributed by atoms with E-state index in [1.165, 1.54) is 4.88 Å². The molecule has 1 aliphatic rings. The number of hydrogen-bond acceptors (Lipinski definition) is 4. The molecule has 5 heteroatoms. The SMILES string of the molecule is CCc1nc(NC(=O)C[C@@H]2CCC[C@H]2N)sc1C. The number of carbonyl (C=O) groups excluding carboxylic acids is 1. The van der Waals surface area contributed by atoms with Gasteiger partial charge >= 0.3 is 0 Å². The van der Waals surface area contributed by atoms with Crippen molar-refractivity contribution >= 4 is 22.4 Å². The highest BCUT2D eigenvalue weighted by Crippen LogP contribution is 2.28. The Morgan fingerprint density at radius 3 is 2.89 bits per heavy atom. The van der Waals surface area contributed by atoms with Crippen molar-refractivity contribution < 1.29 is 4.79 Å². The predicted molar refractivity (Wildman–Crippen MR) is 74.8 cm³/mol. The summed E-state index contributed by atoms with van der Waals surface area (Å²) in [6, 6.07) is 0.194. The number of nitrogens with zero attached hydrogens (tertiary/aromatic N) is 1. The zero-order chi connectivity index (χ0) is 13.1. The van der Waals surface area contributed by atoms with E-state index in [0.717, 1.165) is 36.5 Å². The van der Waals surface area contributed by atoms with E-state index < -0.39 is 0 Å². The van der Waals surface area contributed by atoms with Crippen LogP contribution in [0.5, 0.6) is 0 Å². The standard InChI is InChI=1S/C13H21N3OS/c1-3-11-8(2)18-13(15-11)16-12(17)7-9-5-4-6-10(9)14/h9-10H,3-7,14H2,1-2H3,(H,15,16,17)/t9-,10+/m0/s1. The van der Waals surface area contributed by atoms with Crippen molar-refractivity contribution in [2.45, 2.75) is 52.0 Å². The summed E-state index contributed by atoms with van der Waals surface area (Å²) in [5, 5.41) is 3.62. The summed E-state index contributed by atoms with van der Waals surface area (Å²) >= 11 is 1.55. The van der Waals surface area contributed by atoms with Gasteiger partial charge in [-0.05, 0) is 32.1 Å². The number of nitrogens with one attached hydrogen (secondary N) is 1. The van der Waals surface area contributed by atoms with Crippen molar-refractivity contribution in [2.75, 3.05) is 5.32 Å². The molecule has 0 unspecified atom stereocenters. The summed E-state index contributed by atoms with van der Waals surface area (Å²) in [7, 11) is 0. The summed E-state index contributed by atoms with van der Waals surface area (Å²) in [6.45, 7) is 4.12. The molecule has 1 amide bonds. The first kappa shape index (κ1) is 13.5. The van der Waals surface area contributed by atoms with Gasteiger partial charge in [-0.2, -0.15) is 0 Å². The number of carbonyl (C=O) groups is 1. The lowest BCUT2D eigenvalue weighted by molar-refractivity contribution is -0.117. The normalized spacial score (nSPS) is 23.3. The van der Waals surface area contributed by atoms with E-state index in [9.17, 15) is 4.79 Å². The molecule has 2 rings (SSSR count). The first-order valence-corrected chi connectivity index (χ1v) is 7.43. The van der Waals surface area contributed by atoms with Gasteiger partial charge in [0.1, 0.15) is 0 Å². The van der Waals surface area contributed by atoms with Crippen LogP contribution in [0.3, 0.4) is 0 Å². The van der Waals surface area contributed by atoms with Gasteiger partial charge in [-0.3, -0.25) is 4.79 Å². The molecule has 18 heavy (non-hydrogen) atoms. The molecular formula is C13H21N3OS. The van der Waals surface area contributed by atoms with Crippen molar-refractivity contribution in [1.82, 2.24) is 4.98 Å². The molecule has 0 spiro atoms. The van der Waals surface area contributed by atoms with Crippen LogP contribution in [0.2, 0.25) is 0 Å². The predicted octanol–water partition coefficient (Wildman–Crippen LogP) is 2.47. The number of thiazole rings is 1. The van der Waals surface area contributed by atoms with Gasteiger partial charge in [0.2, 0.25) is 5.91 Å². The zero-order valence-electron chi connectivity index (χ0n) is 11.0. The average Bonchev–Trinajstić information content (AvgIpc) is 2.86. The lowest BCUT2D eigenvalue weighted by Gasteiger charge is -2.13. The highest BCUT2D eigenvalue weighted by Gasteiger charge is 2.26. The number of nitrogens with two attached hydrogens (primary N) is 1. The van der Waals surface area contributed by atoms with Gasteiger partial charge in [0.05, 0.1) is 5.69 Å². The maximum Gasteiger partial charge on any atom is 0.226 e. The van der Waals surface area contributed by atoms with Crippen LogP contribution in [0.4, 0.5) is 5.13 Å². The highest BCUT2D eigenvalue weighted by atomic mass is 32.1. The number of rotatable bonds is 4. The maximum atomic E-state index is 11.9. The Morgan fingerprint density at radius 2 is 2.33 bits per heavy atom. The first-order chi connectivity index (χ1) is 8.60. The molecule has 1 fully saturated rings. The molecule has 0 bridgehead atoms. The lowest BCUT2D eigenvalue weighted by Crippen LogP contribution is -2.28. The topological polar surface area (TPSA) is 68.0 Å². The molecular weight excluding hydrogens is 246 g/mol. The Morgan fingerprint density at radius 1 is 1.56 bits per heavy atom. The Bertz CT molecular complexity index is 430. The van der Waals surface area contributed by atoms with Crippen molar-refractivity contribution in [3.8, 4) is 0 Å². The third-order valence-electron chi connectivity index (χ3n) is 3.64. The van der Waals surface area contributed by atoms with E-state index >= 15 is 0 Å². The van der Waals surface area contributed by atoms with Gasteiger partial charge in [-0.15, -0.1) is 11.3 Å². The van der Waals surface area contributed by atoms with Crippen LogP contribution in [-0.2, 0) is 11.2 Å². The van der Waals surface area contributed by atoms with E-state index in [2.05, 4.69) is 17.2 Å². The van der Waals surface area contributed by atoms with Crippen molar-refractivity contribution in [3.05, 3.63) is 10.6 Å². The first-order valence-electron chi connectivity index (χ1n) is 6.62. The van der Waals surface area contributed by atoms with Gasteiger partial charge in [0.15, 0.2) is 5.13 Å². The average molecular weight is 267 g/mol. The fourth-order valence-electron chi connectivity index (χ4n) is 2.54. The van der Waals surface area contributed by atoms with Crippen LogP contribution in [0.25, 0.3) is 0 Å². The summed E-state index contributed by atoms with van der Waals surface area (Å²) in [6.07, 6.45) is 4.71. The Labute approximate surface area is 112 Å². The molecule has 3 N–H and O–H groups in total. The van der Waals surface area contributed by atoms with Gasteiger partial charge in [-0.25, -0.2) is 4.98 Å². The van der Waals surface area contributed by atoms with Crippen LogP contribution in [-0.4, -0.2) is 16.9 Å². The minimum absolute atomic E-state index is 0.0498. The minimum Gasteiger partial charge on any atom is -0.327 e. The molecule has 100 valence electrons. The largest absolute Gasteiger partial charge is 0.327 e. The molecule has 0 aliphatic heterocycles. The molecule has 0 radical (unpaired) electrons. The Hall–Kier alpha value is -0.940. The van der Waals surface area contributed by atoms with Crippen LogP contribution in [0.15, 0.2) is 0 Å². The summed E-state index contributed by atoms with van der Waals surface area (Å²) in [5.74, 6) is 0.394. The molecule has 1 aliphatic carbocycles. The van der Waals surface area contributed by atoms with Gasteiger partial charge in [0, 0.05) is 17.3 Å². The van der Waals surface area contributed by atoms with Gasteiger partial charge in [-0.1, -0.05) is 13.3 Å². The molecule has 2 atom stereocenters. The Balaban J connectivity index is 1.90. The van der Waals surface area contributed by atoms with Gasteiger partial charge < -0.3 is 11.1 Å². The van der Waals surface area contributed by atoms with E-state index in [4.69, 9.17) is 5.73 Å². The highest BCUT2D eigenvalue weighted by molar-refractivity contribution is 7.15. The summed E-state index contributed by atoms with van der Waals surface area (Å²) < 4.78 is 0.